The van der Waals surface area contributed by atoms with Gasteiger partial charge in [0.15, 0.2) is 28.7 Å². The second-order valence-electron chi connectivity index (χ2n) is 4.83. The van der Waals surface area contributed by atoms with E-state index in [-0.39, 0.29) is 38.3 Å². The lowest BCUT2D eigenvalue weighted by Gasteiger charge is -2.11. The van der Waals surface area contributed by atoms with Crippen molar-refractivity contribution in [2.45, 2.75) is 6.92 Å². The molecule has 7 nitrogen and oxygen atoms in total. The lowest BCUT2D eigenvalue weighted by Crippen LogP contribution is -1.89. The number of fused-ring (bicyclic) bond motifs is 3. The summed E-state index contributed by atoms with van der Waals surface area (Å²) in [5.74, 6) is -2.02. The third-order valence-electron chi connectivity index (χ3n) is 3.67. The predicted molar refractivity (Wildman–Crippen MR) is 83.4 cm³/mol. The quantitative estimate of drug-likeness (QED) is 0.230. The van der Waals surface area contributed by atoms with Gasteiger partial charge < -0.3 is 36.0 Å². The smallest absolute Gasteiger partial charge is 0.186 e. The summed E-state index contributed by atoms with van der Waals surface area (Å²) in [6, 6.07) is 0. The Morgan fingerprint density at radius 3 is 2.00 bits per heavy atom. The molecule has 3 aromatic rings. The summed E-state index contributed by atoms with van der Waals surface area (Å²) in [5, 5.41) is 50.6. The number of anilines is 1. The molecule has 0 saturated heterocycles. The monoisotopic (exact) mass is 323 g/mol. The number of aromatic hydroxyl groups is 5. The molecule has 1 heterocycles. The van der Waals surface area contributed by atoms with Crippen molar-refractivity contribution in [3.8, 4) is 34.5 Å². The van der Waals surface area contributed by atoms with Crippen molar-refractivity contribution in [3.63, 3.8) is 0 Å². The fraction of sp³-hybridized carbons (Fsp3) is 0.143. The number of hydrogen-bond donors (Lipinski definition) is 6. The van der Waals surface area contributed by atoms with Crippen molar-refractivity contribution in [2.75, 3.05) is 12.8 Å². The number of methoxy groups -OCH3 is 1. The number of nitrogen functional groups attached to an aromatic ring is 1. The first-order valence-corrected chi connectivity index (χ1v) is 6.99. The van der Waals surface area contributed by atoms with E-state index < -0.39 is 22.9 Å². The Balaban J connectivity index is 2.72. The number of ether oxygens (including phenoxy) is 1. The van der Waals surface area contributed by atoms with E-state index >= 15 is 0 Å². The summed E-state index contributed by atoms with van der Waals surface area (Å²) in [5.41, 5.74) is 5.34. The van der Waals surface area contributed by atoms with Crippen molar-refractivity contribution >= 4 is 37.2 Å². The first-order chi connectivity index (χ1) is 10.3. The highest BCUT2D eigenvalue weighted by atomic mass is 32.1. The molecule has 8 heteroatoms. The summed E-state index contributed by atoms with van der Waals surface area (Å²) in [4.78, 5) is 0. The minimum absolute atomic E-state index is 0.0895. The van der Waals surface area contributed by atoms with Gasteiger partial charge in [-0.05, 0) is 6.92 Å². The number of rotatable bonds is 1. The third-order valence-corrected chi connectivity index (χ3v) is 4.86. The van der Waals surface area contributed by atoms with E-state index in [0.717, 1.165) is 11.3 Å². The van der Waals surface area contributed by atoms with Gasteiger partial charge in [0.1, 0.15) is 11.4 Å². The van der Waals surface area contributed by atoms with Gasteiger partial charge >= 0.3 is 0 Å². The molecule has 0 amide bonds. The Labute approximate surface area is 128 Å². The van der Waals surface area contributed by atoms with Gasteiger partial charge in [0, 0.05) is 5.56 Å². The Hall–Kier alpha value is -2.74. The summed E-state index contributed by atoms with van der Waals surface area (Å²) in [6.07, 6.45) is 0. The normalized spacial score (nSPS) is 11.4. The summed E-state index contributed by atoms with van der Waals surface area (Å²) in [7, 11) is 1.35. The summed E-state index contributed by atoms with van der Waals surface area (Å²) >= 11 is 0.943. The van der Waals surface area contributed by atoms with Crippen LogP contribution in [0.3, 0.4) is 0 Å². The molecule has 22 heavy (non-hydrogen) atoms. The van der Waals surface area contributed by atoms with Gasteiger partial charge in [-0.15, -0.1) is 11.3 Å². The first-order valence-electron chi connectivity index (χ1n) is 6.18. The van der Waals surface area contributed by atoms with Crippen LogP contribution in [0.2, 0.25) is 0 Å². The fourth-order valence-electron chi connectivity index (χ4n) is 2.46. The van der Waals surface area contributed by atoms with Crippen LogP contribution >= 0.6 is 11.3 Å². The van der Waals surface area contributed by atoms with Crippen LogP contribution in [0.5, 0.6) is 34.5 Å². The van der Waals surface area contributed by atoms with Crippen LogP contribution in [-0.2, 0) is 0 Å². The molecular weight excluding hydrogens is 310 g/mol. The van der Waals surface area contributed by atoms with Gasteiger partial charge in [-0.2, -0.15) is 0 Å². The fourth-order valence-corrected chi connectivity index (χ4v) is 3.73. The third kappa shape index (κ3) is 1.49. The molecule has 0 radical (unpaired) electrons. The zero-order valence-electron chi connectivity index (χ0n) is 11.6. The molecule has 7 N–H and O–H groups in total. The maximum absolute atomic E-state index is 10.3. The zero-order chi connectivity index (χ0) is 16.3. The molecule has 0 aliphatic heterocycles. The van der Waals surface area contributed by atoms with Gasteiger partial charge in [0.05, 0.1) is 27.3 Å². The molecular formula is C14H13NO6S. The maximum atomic E-state index is 10.3. The van der Waals surface area contributed by atoms with Crippen LogP contribution in [-0.4, -0.2) is 32.6 Å². The van der Waals surface area contributed by atoms with Crippen molar-refractivity contribution < 1.29 is 30.3 Å². The number of phenols is 5. The Kier molecular flexibility index (Phi) is 2.83. The van der Waals surface area contributed by atoms with E-state index in [0.29, 0.717) is 4.70 Å². The van der Waals surface area contributed by atoms with Crippen LogP contribution in [0, 0.1) is 6.92 Å². The molecule has 0 unspecified atom stereocenters. The Morgan fingerprint density at radius 2 is 1.41 bits per heavy atom. The van der Waals surface area contributed by atoms with E-state index in [4.69, 9.17) is 10.5 Å². The second kappa shape index (κ2) is 4.38. The van der Waals surface area contributed by atoms with Gasteiger partial charge in [0.2, 0.25) is 0 Å². The summed E-state index contributed by atoms with van der Waals surface area (Å²) in [6.45, 7) is 1.48. The minimum Gasteiger partial charge on any atom is -0.507 e. The molecule has 3 rings (SSSR count). The Bertz CT molecular complexity index is 947. The molecule has 0 bridgehead atoms. The average Bonchev–Trinajstić information content (AvgIpc) is 2.89. The number of benzene rings is 2. The van der Waals surface area contributed by atoms with Crippen molar-refractivity contribution in [1.29, 1.82) is 0 Å². The van der Waals surface area contributed by atoms with E-state index in [9.17, 15) is 25.5 Å². The lowest BCUT2D eigenvalue weighted by molar-refractivity contribution is 0.373. The molecule has 0 atom stereocenters. The van der Waals surface area contributed by atoms with Crippen LogP contribution in [0.1, 0.15) is 5.56 Å². The first kappa shape index (κ1) is 14.2. The highest BCUT2D eigenvalue weighted by Crippen LogP contribution is 2.57. The standard InChI is InChI=1S/C14H13NO6S/c1-3-7(16)4-5-9(18)6(15)10(19)11(20)13(5)22-14(4)12(21-2)8(3)17/h16-20H,15H2,1-2H3. The molecule has 2 aromatic carbocycles. The van der Waals surface area contributed by atoms with E-state index in [2.05, 4.69) is 0 Å². The lowest BCUT2D eigenvalue weighted by atomic mass is 10.0. The molecule has 0 aliphatic carbocycles. The number of phenolic OH excluding ortho intramolecular Hbond substituents is 5. The van der Waals surface area contributed by atoms with E-state index in [1.54, 1.807) is 0 Å². The topological polar surface area (TPSA) is 136 Å². The van der Waals surface area contributed by atoms with Crippen LogP contribution in [0.15, 0.2) is 0 Å². The maximum Gasteiger partial charge on any atom is 0.186 e. The molecule has 0 fully saturated rings. The van der Waals surface area contributed by atoms with Crippen molar-refractivity contribution in [3.05, 3.63) is 5.56 Å². The molecule has 0 saturated carbocycles. The van der Waals surface area contributed by atoms with E-state index in [1.165, 1.54) is 14.0 Å². The van der Waals surface area contributed by atoms with Gasteiger partial charge in [-0.25, -0.2) is 0 Å². The SMILES string of the molecule is COc1c(O)c(C)c(O)c2c1sc1c(O)c(O)c(N)c(O)c12. The van der Waals surface area contributed by atoms with Crippen LogP contribution < -0.4 is 10.5 Å². The van der Waals surface area contributed by atoms with Crippen molar-refractivity contribution in [1.82, 2.24) is 0 Å². The van der Waals surface area contributed by atoms with Gasteiger partial charge in [0.25, 0.3) is 0 Å². The number of thiophene rings is 1. The predicted octanol–water partition coefficient (Wildman–Crippen LogP) is 2.48. The number of nitrogens with two attached hydrogens (primary N) is 1. The molecule has 0 spiro atoms. The molecule has 0 aliphatic rings. The molecule has 116 valence electrons. The van der Waals surface area contributed by atoms with Crippen LogP contribution in [0.4, 0.5) is 5.69 Å². The molecule has 1 aromatic heterocycles. The largest absolute Gasteiger partial charge is 0.507 e. The number of hydrogen-bond acceptors (Lipinski definition) is 8. The van der Waals surface area contributed by atoms with E-state index in [1.807, 2.05) is 0 Å². The second-order valence-corrected chi connectivity index (χ2v) is 5.85. The van der Waals surface area contributed by atoms with Crippen LogP contribution in [0.25, 0.3) is 20.2 Å². The highest BCUT2D eigenvalue weighted by Gasteiger charge is 2.27. The zero-order valence-corrected chi connectivity index (χ0v) is 12.4. The summed E-state index contributed by atoms with van der Waals surface area (Å²) < 4.78 is 5.59. The minimum atomic E-state index is -0.643. The Morgan fingerprint density at radius 1 is 0.818 bits per heavy atom. The average molecular weight is 323 g/mol. The highest BCUT2D eigenvalue weighted by molar-refractivity contribution is 7.26. The van der Waals surface area contributed by atoms with Gasteiger partial charge in [-0.1, -0.05) is 0 Å². The van der Waals surface area contributed by atoms with Crippen molar-refractivity contribution in [2.24, 2.45) is 0 Å². The van der Waals surface area contributed by atoms with Gasteiger partial charge in [-0.3, -0.25) is 0 Å².